The molecular formula is C25H44N2O9. The molecule has 0 aliphatic carbocycles. The van der Waals surface area contributed by atoms with Gasteiger partial charge >= 0.3 is 18.3 Å². The number of carbonyl (C=O) groups is 3. The summed E-state index contributed by atoms with van der Waals surface area (Å²) in [5, 5.41) is 0. The number of carbonyl (C=O) groups excluding carboxylic acids is 3. The van der Waals surface area contributed by atoms with Crippen LogP contribution in [-0.2, 0) is 28.4 Å². The molecule has 2 aliphatic heterocycles. The number of likely N-dealkylation sites (tertiary alicyclic amines) is 2. The van der Waals surface area contributed by atoms with Crippen molar-refractivity contribution in [3.63, 3.8) is 0 Å². The van der Waals surface area contributed by atoms with Crippen molar-refractivity contribution in [2.24, 2.45) is 0 Å². The summed E-state index contributed by atoms with van der Waals surface area (Å²) in [6.45, 7) is 14.1. The molecule has 0 saturated carbocycles. The van der Waals surface area contributed by atoms with E-state index in [0.717, 1.165) is 0 Å². The Morgan fingerprint density at radius 1 is 0.611 bits per heavy atom. The lowest BCUT2D eigenvalue weighted by Gasteiger charge is -2.33. The van der Waals surface area contributed by atoms with E-state index in [1.165, 1.54) is 0 Å². The Balaban J connectivity index is 1.46. The van der Waals surface area contributed by atoms with E-state index in [9.17, 15) is 14.4 Å². The van der Waals surface area contributed by atoms with E-state index in [2.05, 4.69) is 0 Å². The van der Waals surface area contributed by atoms with E-state index in [4.69, 9.17) is 28.4 Å². The molecule has 0 unspecified atom stereocenters. The fourth-order valence-electron chi connectivity index (χ4n) is 3.78. The Morgan fingerprint density at radius 3 is 1.25 bits per heavy atom. The van der Waals surface area contributed by atoms with Crippen LogP contribution >= 0.6 is 0 Å². The van der Waals surface area contributed by atoms with Crippen LogP contribution in [0.1, 0.15) is 67.2 Å². The zero-order valence-electron chi connectivity index (χ0n) is 22.7. The largest absolute Gasteiger partial charge is 0.508 e. The molecule has 0 atom stereocenters. The van der Waals surface area contributed by atoms with Crippen LogP contribution in [0.4, 0.5) is 14.4 Å². The van der Waals surface area contributed by atoms with Crippen molar-refractivity contribution in [2.45, 2.75) is 90.6 Å². The third kappa shape index (κ3) is 12.1. The van der Waals surface area contributed by atoms with Gasteiger partial charge in [-0.15, -0.1) is 0 Å². The minimum atomic E-state index is -0.762. The lowest BCUT2D eigenvalue weighted by Crippen LogP contribution is -2.43. The van der Waals surface area contributed by atoms with Crippen molar-refractivity contribution in [3.8, 4) is 0 Å². The number of piperidine rings is 2. The topological polar surface area (TPSA) is 113 Å². The quantitative estimate of drug-likeness (QED) is 0.269. The third-order valence-electron chi connectivity index (χ3n) is 5.50. The Labute approximate surface area is 214 Å². The maximum atomic E-state index is 12.1. The van der Waals surface area contributed by atoms with E-state index >= 15 is 0 Å². The second-order valence-corrected chi connectivity index (χ2v) is 11.0. The first-order chi connectivity index (χ1) is 16.8. The Bertz CT molecular complexity index is 643. The molecule has 0 aromatic carbocycles. The standard InChI is InChI=1S/C25H44N2O9/c1-24(2,3)35-21(28)26-11-7-19(8-12-26)31-15-17-33-23(30)34-18-16-32-20-9-13-27(14-10-20)22(29)36-25(4,5)6/h19-20H,7-18H2,1-6H3. The Hall–Kier alpha value is -2.27. The first-order valence-corrected chi connectivity index (χ1v) is 12.8. The van der Waals surface area contributed by atoms with Crippen LogP contribution in [0.25, 0.3) is 0 Å². The summed E-state index contributed by atoms with van der Waals surface area (Å²) in [5.41, 5.74) is -1.02. The highest BCUT2D eigenvalue weighted by atomic mass is 16.7. The van der Waals surface area contributed by atoms with Crippen molar-refractivity contribution in [1.82, 2.24) is 9.80 Å². The SMILES string of the molecule is CC(C)(C)OC(=O)N1CCC(OCCOC(=O)OCCOC2CCN(C(=O)OC(C)(C)C)CC2)CC1. The fraction of sp³-hybridized carbons (Fsp3) is 0.880. The Kier molecular flexibility index (Phi) is 11.5. The zero-order chi connectivity index (χ0) is 26.8. The molecule has 36 heavy (non-hydrogen) atoms. The summed E-state index contributed by atoms with van der Waals surface area (Å²) in [6, 6.07) is 0. The summed E-state index contributed by atoms with van der Waals surface area (Å²) < 4.78 is 32.3. The lowest BCUT2D eigenvalue weighted by molar-refractivity contribution is -0.0396. The van der Waals surface area contributed by atoms with Crippen LogP contribution < -0.4 is 0 Å². The van der Waals surface area contributed by atoms with Gasteiger partial charge in [-0.05, 0) is 67.2 Å². The van der Waals surface area contributed by atoms with Gasteiger partial charge in [0.15, 0.2) is 0 Å². The molecule has 0 N–H and O–H groups in total. The van der Waals surface area contributed by atoms with Crippen LogP contribution in [0.3, 0.4) is 0 Å². The zero-order valence-corrected chi connectivity index (χ0v) is 22.7. The number of rotatable bonds is 8. The predicted molar refractivity (Wildman–Crippen MR) is 131 cm³/mol. The summed E-state index contributed by atoms with van der Waals surface area (Å²) >= 11 is 0. The monoisotopic (exact) mass is 516 g/mol. The van der Waals surface area contributed by atoms with E-state index in [1.54, 1.807) is 9.80 Å². The third-order valence-corrected chi connectivity index (χ3v) is 5.50. The highest BCUT2D eigenvalue weighted by molar-refractivity contribution is 5.68. The molecule has 2 saturated heterocycles. The average molecular weight is 517 g/mol. The van der Waals surface area contributed by atoms with Gasteiger partial charge in [-0.3, -0.25) is 0 Å². The van der Waals surface area contributed by atoms with Gasteiger partial charge in [-0.1, -0.05) is 0 Å². The number of nitrogens with zero attached hydrogens (tertiary/aromatic N) is 2. The first kappa shape index (κ1) is 30.0. The molecule has 0 radical (unpaired) electrons. The highest BCUT2D eigenvalue weighted by Crippen LogP contribution is 2.18. The van der Waals surface area contributed by atoms with Crippen molar-refractivity contribution >= 4 is 18.3 Å². The molecule has 2 fully saturated rings. The molecular weight excluding hydrogens is 472 g/mol. The average Bonchev–Trinajstić information content (AvgIpc) is 2.78. The molecule has 2 amide bonds. The smallest absolute Gasteiger partial charge is 0.444 e. The van der Waals surface area contributed by atoms with Crippen molar-refractivity contribution in [1.29, 1.82) is 0 Å². The van der Waals surface area contributed by atoms with Crippen molar-refractivity contribution in [2.75, 3.05) is 52.6 Å². The highest BCUT2D eigenvalue weighted by Gasteiger charge is 2.28. The van der Waals surface area contributed by atoms with E-state index in [1.807, 2.05) is 41.5 Å². The number of hydrogen-bond donors (Lipinski definition) is 0. The van der Waals surface area contributed by atoms with Gasteiger partial charge in [0.1, 0.15) is 24.4 Å². The number of amides is 2. The molecule has 11 heteroatoms. The maximum absolute atomic E-state index is 12.1. The molecule has 11 nitrogen and oxygen atoms in total. The first-order valence-electron chi connectivity index (χ1n) is 12.8. The molecule has 0 aromatic rings. The van der Waals surface area contributed by atoms with Crippen LogP contribution in [0.2, 0.25) is 0 Å². The summed E-state index contributed by atoms with van der Waals surface area (Å²) in [5.74, 6) is 0. The molecule has 0 bridgehead atoms. The second kappa shape index (κ2) is 13.9. The summed E-state index contributed by atoms with van der Waals surface area (Å²) in [6.07, 6.45) is 1.48. The van der Waals surface area contributed by atoms with Gasteiger partial charge in [-0.2, -0.15) is 0 Å². The van der Waals surface area contributed by atoms with Gasteiger partial charge in [-0.25, -0.2) is 14.4 Å². The van der Waals surface area contributed by atoms with Crippen molar-refractivity contribution in [3.05, 3.63) is 0 Å². The van der Waals surface area contributed by atoms with E-state index in [-0.39, 0.29) is 50.8 Å². The van der Waals surface area contributed by atoms with Crippen LogP contribution in [-0.4, -0.2) is 104 Å². The minimum Gasteiger partial charge on any atom is -0.444 e. The maximum Gasteiger partial charge on any atom is 0.508 e. The molecule has 2 aliphatic rings. The van der Waals surface area contributed by atoms with Crippen LogP contribution in [0.15, 0.2) is 0 Å². The Morgan fingerprint density at radius 2 is 0.944 bits per heavy atom. The number of ether oxygens (including phenoxy) is 6. The fourth-order valence-corrected chi connectivity index (χ4v) is 3.78. The summed E-state index contributed by atoms with van der Waals surface area (Å²) in [7, 11) is 0. The van der Waals surface area contributed by atoms with Crippen molar-refractivity contribution < 1.29 is 42.8 Å². The molecule has 2 rings (SSSR count). The van der Waals surface area contributed by atoms with Gasteiger partial charge in [0, 0.05) is 26.2 Å². The normalized spacial score (nSPS) is 18.1. The molecule has 0 aromatic heterocycles. The predicted octanol–water partition coefficient (Wildman–Crippen LogP) is 3.97. The molecule has 2 heterocycles. The van der Waals surface area contributed by atoms with Crippen LogP contribution in [0, 0.1) is 0 Å². The van der Waals surface area contributed by atoms with E-state index < -0.39 is 17.4 Å². The minimum absolute atomic E-state index is 0.0124. The molecule has 0 spiro atoms. The van der Waals surface area contributed by atoms with Gasteiger partial charge < -0.3 is 38.2 Å². The summed E-state index contributed by atoms with van der Waals surface area (Å²) in [4.78, 5) is 39.3. The second-order valence-electron chi connectivity index (χ2n) is 11.0. The number of hydrogen-bond acceptors (Lipinski definition) is 9. The van der Waals surface area contributed by atoms with Crippen LogP contribution in [0.5, 0.6) is 0 Å². The van der Waals surface area contributed by atoms with E-state index in [0.29, 0.717) is 51.9 Å². The molecule has 208 valence electrons. The lowest BCUT2D eigenvalue weighted by atomic mass is 10.1. The van der Waals surface area contributed by atoms with Gasteiger partial charge in [0.25, 0.3) is 0 Å². The van der Waals surface area contributed by atoms with Gasteiger partial charge in [0.2, 0.25) is 0 Å². The van der Waals surface area contributed by atoms with Gasteiger partial charge in [0.05, 0.1) is 25.4 Å².